The van der Waals surface area contributed by atoms with Gasteiger partial charge in [0.25, 0.3) is 0 Å². The van der Waals surface area contributed by atoms with Crippen molar-refractivity contribution in [3.8, 4) is 0 Å². The molecule has 0 saturated carbocycles. The molecule has 0 aliphatic carbocycles. The van der Waals surface area contributed by atoms with Gasteiger partial charge in [0.2, 0.25) is 11.8 Å². The third-order valence-corrected chi connectivity index (χ3v) is 3.10. The van der Waals surface area contributed by atoms with Gasteiger partial charge in [0.15, 0.2) is 0 Å². The molecule has 1 atom stereocenters. The molecular weight excluding hydrogens is 326 g/mol. The van der Waals surface area contributed by atoms with Crippen molar-refractivity contribution >= 4 is 17.8 Å². The number of carbonyl (C=O) groups is 3. The molecule has 0 bridgehead atoms. The van der Waals surface area contributed by atoms with E-state index in [1.807, 2.05) is 30.3 Å². The highest BCUT2D eigenvalue weighted by Crippen LogP contribution is 2.04. The number of rotatable bonds is 10. The lowest BCUT2D eigenvalue weighted by molar-refractivity contribution is -0.139. The number of aliphatic carboxylic acids is 1. The number of nitrogens with two attached hydrogens (primary N) is 1. The van der Waals surface area contributed by atoms with Gasteiger partial charge in [-0.2, -0.15) is 0 Å². The molecular formula is C17H23N3O5. The smallest absolute Gasteiger partial charge is 0.305 e. The molecule has 8 nitrogen and oxygen atoms in total. The minimum Gasteiger partial charge on any atom is -0.493 e. The quantitative estimate of drug-likeness (QED) is 0.270. The first-order valence-electron chi connectivity index (χ1n) is 7.76. The van der Waals surface area contributed by atoms with Crippen molar-refractivity contribution in [1.82, 2.24) is 10.6 Å². The number of amides is 2. The van der Waals surface area contributed by atoms with Gasteiger partial charge in [0.1, 0.15) is 6.61 Å². The van der Waals surface area contributed by atoms with Crippen LogP contribution >= 0.6 is 0 Å². The van der Waals surface area contributed by atoms with E-state index in [9.17, 15) is 14.4 Å². The minimum atomic E-state index is -1.15. The van der Waals surface area contributed by atoms with Crippen LogP contribution in [0, 0.1) is 0 Å². The van der Waals surface area contributed by atoms with Crippen molar-refractivity contribution in [2.24, 2.45) is 5.73 Å². The average Bonchev–Trinajstić information content (AvgIpc) is 2.57. The Balaban J connectivity index is 2.23. The van der Waals surface area contributed by atoms with E-state index in [4.69, 9.17) is 15.6 Å². The van der Waals surface area contributed by atoms with Crippen LogP contribution in [-0.4, -0.2) is 42.0 Å². The van der Waals surface area contributed by atoms with Crippen molar-refractivity contribution in [1.29, 1.82) is 0 Å². The fraction of sp³-hybridized carbons (Fsp3) is 0.353. The summed E-state index contributed by atoms with van der Waals surface area (Å²) in [4.78, 5) is 33.6. The highest BCUT2D eigenvalue weighted by molar-refractivity contribution is 5.88. The lowest BCUT2D eigenvalue weighted by Gasteiger charge is -2.10. The molecule has 5 N–H and O–H groups in total. The first kappa shape index (κ1) is 20.2. The zero-order valence-electron chi connectivity index (χ0n) is 14.0. The standard InChI is InChI=1S/C17H23N3O5/c1-12(25-11-13-5-3-2-4-6-13)9-15(21)19-7-8-20-17(24)14(18)10-16(22)23/h2-6,9,14H,7-8,10-11,18H2,1H3,(H,19,21)(H,20,24)(H,22,23)/t14-/m0/s1. The van der Waals surface area contributed by atoms with E-state index < -0.39 is 24.3 Å². The fourth-order valence-electron chi connectivity index (χ4n) is 1.83. The molecule has 0 spiro atoms. The number of benzene rings is 1. The number of carbonyl (C=O) groups excluding carboxylic acids is 2. The third-order valence-electron chi connectivity index (χ3n) is 3.10. The molecule has 0 unspecified atom stereocenters. The van der Waals surface area contributed by atoms with Crippen molar-refractivity contribution < 1.29 is 24.2 Å². The summed E-state index contributed by atoms with van der Waals surface area (Å²) in [5, 5.41) is 13.6. The van der Waals surface area contributed by atoms with Crippen LogP contribution in [0.15, 0.2) is 42.2 Å². The first-order valence-corrected chi connectivity index (χ1v) is 7.76. The second-order valence-corrected chi connectivity index (χ2v) is 5.32. The number of allylic oxidation sites excluding steroid dienone is 1. The Hall–Kier alpha value is -2.87. The van der Waals surface area contributed by atoms with Crippen LogP contribution in [0.2, 0.25) is 0 Å². The molecule has 0 heterocycles. The Morgan fingerprint density at radius 2 is 1.84 bits per heavy atom. The third kappa shape index (κ3) is 9.11. The van der Waals surface area contributed by atoms with Crippen LogP contribution in [0.3, 0.4) is 0 Å². The van der Waals surface area contributed by atoms with E-state index in [2.05, 4.69) is 10.6 Å². The van der Waals surface area contributed by atoms with Gasteiger partial charge in [-0.25, -0.2) is 0 Å². The number of carboxylic acids is 1. The molecule has 0 aliphatic heterocycles. The highest BCUT2D eigenvalue weighted by Gasteiger charge is 2.16. The Morgan fingerprint density at radius 3 is 2.48 bits per heavy atom. The van der Waals surface area contributed by atoms with Crippen LogP contribution in [0.1, 0.15) is 18.9 Å². The van der Waals surface area contributed by atoms with E-state index in [0.29, 0.717) is 12.4 Å². The Kier molecular flexibility index (Phi) is 8.73. The topological polar surface area (TPSA) is 131 Å². The minimum absolute atomic E-state index is 0.148. The summed E-state index contributed by atoms with van der Waals surface area (Å²) < 4.78 is 5.47. The second-order valence-electron chi connectivity index (χ2n) is 5.32. The zero-order chi connectivity index (χ0) is 18.7. The summed E-state index contributed by atoms with van der Waals surface area (Å²) in [5.74, 6) is -1.61. The molecule has 8 heteroatoms. The number of hydrogen-bond donors (Lipinski definition) is 4. The van der Waals surface area contributed by atoms with Crippen LogP contribution in [0.25, 0.3) is 0 Å². The molecule has 0 fully saturated rings. The normalized spacial score (nSPS) is 12.2. The molecule has 0 aromatic heterocycles. The van der Waals surface area contributed by atoms with Crippen LogP contribution in [0.4, 0.5) is 0 Å². The zero-order valence-corrected chi connectivity index (χ0v) is 14.0. The van der Waals surface area contributed by atoms with E-state index in [1.54, 1.807) is 6.92 Å². The monoisotopic (exact) mass is 349 g/mol. The SMILES string of the molecule is CC(=CC(=O)NCCNC(=O)[C@@H](N)CC(=O)O)OCc1ccccc1. The van der Waals surface area contributed by atoms with Crippen molar-refractivity contribution in [3.05, 3.63) is 47.7 Å². The van der Waals surface area contributed by atoms with E-state index >= 15 is 0 Å². The van der Waals surface area contributed by atoms with Gasteiger partial charge >= 0.3 is 5.97 Å². The molecule has 0 saturated heterocycles. The summed E-state index contributed by atoms with van der Waals surface area (Å²) in [6.45, 7) is 2.38. The van der Waals surface area contributed by atoms with E-state index in [0.717, 1.165) is 5.56 Å². The van der Waals surface area contributed by atoms with Gasteiger partial charge < -0.3 is 26.2 Å². The van der Waals surface area contributed by atoms with Crippen LogP contribution in [-0.2, 0) is 25.7 Å². The van der Waals surface area contributed by atoms with Crippen LogP contribution < -0.4 is 16.4 Å². The van der Waals surface area contributed by atoms with Gasteiger partial charge in [-0.1, -0.05) is 30.3 Å². The van der Waals surface area contributed by atoms with Gasteiger partial charge in [0, 0.05) is 19.2 Å². The van der Waals surface area contributed by atoms with Crippen molar-refractivity contribution in [3.63, 3.8) is 0 Å². The van der Waals surface area contributed by atoms with Gasteiger partial charge in [-0.05, 0) is 12.5 Å². The molecule has 1 aromatic carbocycles. The fourth-order valence-corrected chi connectivity index (χ4v) is 1.83. The Morgan fingerprint density at radius 1 is 1.20 bits per heavy atom. The predicted molar refractivity (Wildman–Crippen MR) is 91.2 cm³/mol. The molecule has 2 amide bonds. The number of hydrogen-bond acceptors (Lipinski definition) is 5. The molecule has 136 valence electrons. The average molecular weight is 349 g/mol. The summed E-state index contributed by atoms with van der Waals surface area (Å²) in [5.41, 5.74) is 6.40. The maximum atomic E-state index is 11.7. The van der Waals surface area contributed by atoms with E-state index in [1.165, 1.54) is 6.08 Å². The predicted octanol–water partition coefficient (Wildman–Crippen LogP) is 0.141. The maximum Gasteiger partial charge on any atom is 0.305 e. The summed E-state index contributed by atoms with van der Waals surface area (Å²) in [7, 11) is 0. The number of nitrogens with one attached hydrogen (secondary N) is 2. The van der Waals surface area contributed by atoms with Gasteiger partial charge in [-0.3, -0.25) is 14.4 Å². The number of carboxylic acid groups (broad SMARTS) is 1. The van der Waals surface area contributed by atoms with Crippen molar-refractivity contribution in [2.75, 3.05) is 13.1 Å². The molecule has 0 aliphatic rings. The lowest BCUT2D eigenvalue weighted by Crippen LogP contribution is -2.44. The molecule has 25 heavy (non-hydrogen) atoms. The maximum absolute atomic E-state index is 11.7. The second kappa shape index (κ2) is 10.8. The summed E-state index contributed by atoms with van der Waals surface area (Å²) in [6, 6.07) is 8.45. The molecule has 1 rings (SSSR count). The van der Waals surface area contributed by atoms with E-state index in [-0.39, 0.29) is 19.0 Å². The Labute approximate surface area is 146 Å². The van der Waals surface area contributed by atoms with Gasteiger partial charge in [0.05, 0.1) is 18.2 Å². The largest absolute Gasteiger partial charge is 0.493 e. The first-order chi connectivity index (χ1) is 11.9. The lowest BCUT2D eigenvalue weighted by atomic mass is 10.2. The van der Waals surface area contributed by atoms with Gasteiger partial charge in [-0.15, -0.1) is 0 Å². The van der Waals surface area contributed by atoms with Crippen molar-refractivity contribution in [2.45, 2.75) is 26.0 Å². The Bertz CT molecular complexity index is 616. The summed E-state index contributed by atoms with van der Waals surface area (Å²) >= 11 is 0. The highest BCUT2D eigenvalue weighted by atomic mass is 16.5. The molecule has 1 aromatic rings. The summed E-state index contributed by atoms with van der Waals surface area (Å²) in [6.07, 6.45) is 0.875. The number of ether oxygens (including phenoxy) is 1. The van der Waals surface area contributed by atoms with Crippen LogP contribution in [0.5, 0.6) is 0 Å². The molecule has 0 radical (unpaired) electrons.